The van der Waals surface area contributed by atoms with Crippen LogP contribution in [0.2, 0.25) is 0 Å². The van der Waals surface area contributed by atoms with E-state index in [4.69, 9.17) is 11.6 Å². The van der Waals surface area contributed by atoms with Crippen molar-refractivity contribution in [2.24, 2.45) is 5.92 Å². The van der Waals surface area contributed by atoms with Crippen LogP contribution in [0.1, 0.15) is 82.5 Å². The van der Waals surface area contributed by atoms with E-state index in [0.717, 1.165) is 87.5 Å². The highest BCUT2D eigenvalue weighted by molar-refractivity contribution is 6.32. The number of piperazine rings is 1. The number of piperidine rings is 1. The first kappa shape index (κ1) is 40.6. The Kier molecular flexibility index (Phi) is 11.5. The summed E-state index contributed by atoms with van der Waals surface area (Å²) in [5, 5.41) is 18.3. The molecule has 3 aromatic rings. The minimum absolute atomic E-state index is 0.0351. The lowest BCUT2D eigenvalue weighted by Gasteiger charge is -2.39. The van der Waals surface area contributed by atoms with Crippen LogP contribution in [0.15, 0.2) is 59.4 Å². The van der Waals surface area contributed by atoms with Gasteiger partial charge in [-0.2, -0.15) is 9.65 Å². The number of halogens is 2. The summed E-state index contributed by atoms with van der Waals surface area (Å²) in [6.07, 6.45) is 10.8. The van der Waals surface area contributed by atoms with Gasteiger partial charge in [0.25, 0.3) is 11.8 Å². The van der Waals surface area contributed by atoms with Gasteiger partial charge in [-0.15, -0.1) is 0 Å². The lowest BCUT2D eigenvalue weighted by atomic mass is 9.85. The molecule has 0 spiro atoms. The van der Waals surface area contributed by atoms with E-state index in [1.807, 2.05) is 24.3 Å². The van der Waals surface area contributed by atoms with Crippen molar-refractivity contribution in [1.82, 2.24) is 40.3 Å². The Morgan fingerprint density at radius 3 is 2.56 bits per heavy atom. The first-order valence-corrected chi connectivity index (χ1v) is 21.5. The Balaban J connectivity index is 0.718. The number of carbonyl (C=O) groups is 4. The fourth-order valence-corrected chi connectivity index (χ4v) is 9.91. The van der Waals surface area contributed by atoms with Crippen LogP contribution in [0, 0.1) is 23.2 Å². The first-order valence-electron chi connectivity index (χ1n) is 21.1. The second kappa shape index (κ2) is 17.3. The number of nitriles is 1. The number of allylic oxidation sites excluding steroid dienone is 2. The molecule has 6 heterocycles. The van der Waals surface area contributed by atoms with Crippen molar-refractivity contribution >= 4 is 52.6 Å². The van der Waals surface area contributed by atoms with Gasteiger partial charge >= 0.3 is 0 Å². The maximum absolute atomic E-state index is 15.3. The van der Waals surface area contributed by atoms with Gasteiger partial charge in [-0.3, -0.25) is 34.3 Å². The number of imide groups is 1. The standard InChI is InChI=1S/C44H47ClFN11O4/c45-35-20-31(6-3-27(35)21-47)56-14-13-33-36(24-56)48-25-49-41(33)52-38-11-9-34(40(46)51-38)42(59)50-29-4-1-26(2-5-29)22-54-15-17-55(18-16-54)30-7-8-32-28(19-30)23-57(44(32)61)37-10-12-39(58)53-43(37)60/h3,7-9,11,19-20,25-26,29,31,37H,1-2,4-6,10,12-18,22-24H2,(H,50,59)(H,53,58,60)(H,48,49,51,52). The summed E-state index contributed by atoms with van der Waals surface area (Å²) < 4.78 is 15.3. The molecule has 3 fully saturated rings. The summed E-state index contributed by atoms with van der Waals surface area (Å²) in [6, 6.07) is 10.5. The van der Waals surface area contributed by atoms with E-state index < -0.39 is 23.8 Å². The summed E-state index contributed by atoms with van der Waals surface area (Å²) in [6.45, 7) is 6.22. The maximum Gasteiger partial charge on any atom is 0.256 e. The fraction of sp³-hybridized carbons (Fsp3) is 0.455. The highest BCUT2D eigenvalue weighted by Gasteiger charge is 2.39. The number of aromatic nitrogens is 3. The molecule has 9 rings (SSSR count). The molecule has 2 atom stereocenters. The molecule has 15 nitrogen and oxygen atoms in total. The van der Waals surface area contributed by atoms with Gasteiger partial charge in [0.15, 0.2) is 0 Å². The van der Waals surface area contributed by atoms with E-state index in [0.29, 0.717) is 60.3 Å². The van der Waals surface area contributed by atoms with Crippen LogP contribution in [-0.2, 0) is 29.1 Å². The van der Waals surface area contributed by atoms with E-state index in [1.165, 1.54) is 12.4 Å². The van der Waals surface area contributed by atoms with Gasteiger partial charge in [0, 0.05) is 87.7 Å². The Hall–Kier alpha value is -5.76. The molecule has 0 radical (unpaired) electrons. The van der Waals surface area contributed by atoms with Crippen molar-refractivity contribution in [2.45, 2.75) is 82.6 Å². The van der Waals surface area contributed by atoms with E-state index >= 15 is 4.39 Å². The van der Waals surface area contributed by atoms with Gasteiger partial charge in [0.2, 0.25) is 17.8 Å². The zero-order valence-corrected chi connectivity index (χ0v) is 34.5. The maximum atomic E-state index is 15.3. The third-order valence-electron chi connectivity index (χ3n) is 13.1. The van der Waals surface area contributed by atoms with Crippen LogP contribution in [0.25, 0.3) is 0 Å². The topological polar surface area (TPSA) is 180 Å². The average Bonchev–Trinajstić information content (AvgIpc) is 3.59. The van der Waals surface area contributed by atoms with E-state index in [1.54, 1.807) is 11.0 Å². The normalized spacial score (nSPS) is 24.6. The van der Waals surface area contributed by atoms with E-state index in [9.17, 15) is 24.4 Å². The van der Waals surface area contributed by atoms with Gasteiger partial charge < -0.3 is 20.4 Å². The Bertz CT molecular complexity index is 2370. The molecule has 17 heteroatoms. The Labute approximate surface area is 358 Å². The Morgan fingerprint density at radius 2 is 1.80 bits per heavy atom. The minimum atomic E-state index is -0.849. The van der Waals surface area contributed by atoms with Gasteiger partial charge in [-0.25, -0.2) is 15.0 Å². The molecule has 3 N–H and O–H groups in total. The largest absolute Gasteiger partial charge is 0.369 e. The van der Waals surface area contributed by atoms with Crippen molar-refractivity contribution < 1.29 is 23.6 Å². The summed E-state index contributed by atoms with van der Waals surface area (Å²) in [5.74, 6) is -0.866. The van der Waals surface area contributed by atoms with Crippen LogP contribution in [0.4, 0.5) is 21.7 Å². The van der Waals surface area contributed by atoms with Gasteiger partial charge in [0.1, 0.15) is 30.1 Å². The molecule has 6 aliphatic rings. The van der Waals surface area contributed by atoms with E-state index in [-0.39, 0.29) is 41.7 Å². The van der Waals surface area contributed by atoms with Crippen LogP contribution < -0.4 is 20.9 Å². The number of nitrogens with zero attached hydrogens (tertiary/aromatic N) is 8. The number of hydrogen-bond acceptors (Lipinski definition) is 12. The molecule has 2 unspecified atom stereocenters. The number of anilines is 3. The molecular weight excluding hydrogens is 801 g/mol. The number of carbonyl (C=O) groups excluding carboxylic acids is 4. The highest BCUT2D eigenvalue weighted by Crippen LogP contribution is 2.33. The number of pyridine rings is 1. The lowest BCUT2D eigenvalue weighted by molar-refractivity contribution is -0.136. The predicted molar refractivity (Wildman–Crippen MR) is 224 cm³/mol. The number of nitrogens with one attached hydrogen (secondary N) is 3. The number of fused-ring (bicyclic) bond motifs is 2. The van der Waals surface area contributed by atoms with Crippen molar-refractivity contribution in [2.75, 3.05) is 49.5 Å². The molecule has 2 aromatic heterocycles. The predicted octanol–water partition coefficient (Wildman–Crippen LogP) is 4.33. The zero-order chi connectivity index (χ0) is 42.2. The van der Waals surface area contributed by atoms with E-state index in [2.05, 4.69) is 57.7 Å². The number of hydrogen-bond donors (Lipinski definition) is 3. The summed E-state index contributed by atoms with van der Waals surface area (Å²) in [4.78, 5) is 72.1. The van der Waals surface area contributed by atoms with Gasteiger partial charge in [0.05, 0.1) is 21.9 Å². The molecule has 4 aliphatic heterocycles. The average molecular weight is 848 g/mol. The number of rotatable bonds is 9. The van der Waals surface area contributed by atoms with Crippen molar-refractivity contribution in [3.05, 3.63) is 93.3 Å². The molecule has 0 bridgehead atoms. The number of amides is 4. The smallest absolute Gasteiger partial charge is 0.256 e. The van der Waals surface area contributed by atoms with Gasteiger partial charge in [-0.1, -0.05) is 17.7 Å². The van der Waals surface area contributed by atoms with Crippen LogP contribution >= 0.6 is 11.6 Å². The third-order valence-corrected chi connectivity index (χ3v) is 13.4. The summed E-state index contributed by atoms with van der Waals surface area (Å²) in [5.41, 5.74) is 4.77. The van der Waals surface area contributed by atoms with Crippen LogP contribution in [0.5, 0.6) is 0 Å². The zero-order valence-electron chi connectivity index (χ0n) is 33.7. The fourth-order valence-electron chi connectivity index (χ4n) is 9.64. The quantitative estimate of drug-likeness (QED) is 0.205. The lowest BCUT2D eigenvalue weighted by Crippen LogP contribution is -2.52. The second-order valence-electron chi connectivity index (χ2n) is 16.8. The SMILES string of the molecule is N#CC1=CCC(N2CCc3c(ncnc3Nc3ccc(C(=O)NC4CCC(CN5CCN(c6ccc7c(c6)CN(C6CCC(=O)NC6=O)C7=O)CC5)CC4)c(F)n3)C2)C=C1Cl. The molecule has 61 heavy (non-hydrogen) atoms. The molecule has 1 saturated carbocycles. The van der Waals surface area contributed by atoms with Crippen LogP contribution in [-0.4, -0.2) is 111 Å². The molecule has 316 valence electrons. The highest BCUT2D eigenvalue weighted by atomic mass is 35.5. The molecule has 2 aliphatic carbocycles. The monoisotopic (exact) mass is 847 g/mol. The second-order valence-corrected chi connectivity index (χ2v) is 17.2. The number of benzene rings is 1. The third kappa shape index (κ3) is 8.59. The summed E-state index contributed by atoms with van der Waals surface area (Å²) >= 11 is 6.32. The molecule has 2 saturated heterocycles. The van der Waals surface area contributed by atoms with Crippen molar-refractivity contribution in [1.29, 1.82) is 5.26 Å². The van der Waals surface area contributed by atoms with Crippen molar-refractivity contribution in [3.63, 3.8) is 0 Å². The first-order chi connectivity index (χ1) is 29.6. The Morgan fingerprint density at radius 1 is 0.984 bits per heavy atom. The minimum Gasteiger partial charge on any atom is -0.369 e. The van der Waals surface area contributed by atoms with Crippen LogP contribution in [0.3, 0.4) is 0 Å². The van der Waals surface area contributed by atoms with Gasteiger partial charge in [-0.05, 0) is 92.8 Å². The molecule has 1 aromatic carbocycles. The summed E-state index contributed by atoms with van der Waals surface area (Å²) in [7, 11) is 0. The molecular formula is C44H47ClFN11O4. The van der Waals surface area contributed by atoms with Crippen molar-refractivity contribution in [3.8, 4) is 6.07 Å². The molecule has 4 amide bonds.